The number of carboxylic acid groups (broad SMARTS) is 1. The zero-order chi connectivity index (χ0) is 18.1. The van der Waals surface area contributed by atoms with Gasteiger partial charge in [0.1, 0.15) is 17.6 Å². The second-order valence-corrected chi connectivity index (χ2v) is 6.10. The maximum Gasteiger partial charge on any atom is 0.335 e. The van der Waals surface area contributed by atoms with Crippen LogP contribution in [-0.4, -0.2) is 30.1 Å². The van der Waals surface area contributed by atoms with E-state index in [0.717, 1.165) is 16.9 Å². The fourth-order valence-electron chi connectivity index (χ4n) is 3.33. The van der Waals surface area contributed by atoms with E-state index < -0.39 is 5.97 Å². The van der Waals surface area contributed by atoms with Crippen LogP contribution in [0.1, 0.15) is 58.0 Å². The Labute approximate surface area is 146 Å². The number of carbonyl (C=O) groups is 2. The lowest BCUT2D eigenvalue weighted by atomic mass is 9.86. The average Bonchev–Trinajstić information content (AvgIpc) is 2.95. The molecule has 0 saturated carbocycles. The maximum atomic E-state index is 12.3. The third-order valence-corrected chi connectivity index (χ3v) is 4.55. The monoisotopic (exact) mass is 340 g/mol. The van der Waals surface area contributed by atoms with Crippen molar-refractivity contribution in [2.75, 3.05) is 7.11 Å². The van der Waals surface area contributed by atoms with Crippen molar-refractivity contribution in [3.8, 4) is 11.5 Å². The van der Waals surface area contributed by atoms with E-state index in [1.54, 1.807) is 20.1 Å². The summed E-state index contributed by atoms with van der Waals surface area (Å²) < 4.78 is 11.3. The van der Waals surface area contributed by atoms with Crippen molar-refractivity contribution >= 4 is 11.8 Å². The number of rotatable bonds is 5. The molecule has 130 valence electrons. The van der Waals surface area contributed by atoms with Crippen LogP contribution in [0, 0.1) is 0 Å². The molecule has 0 radical (unpaired) electrons. The molecule has 0 bridgehead atoms. The summed E-state index contributed by atoms with van der Waals surface area (Å²) >= 11 is 0. The first-order valence-electron chi connectivity index (χ1n) is 8.21. The molecule has 2 aromatic carbocycles. The summed E-state index contributed by atoms with van der Waals surface area (Å²) in [5.74, 6) is -0.128. The zero-order valence-corrected chi connectivity index (χ0v) is 14.4. The lowest BCUT2D eigenvalue weighted by Gasteiger charge is -2.16. The van der Waals surface area contributed by atoms with Crippen molar-refractivity contribution in [2.24, 2.45) is 0 Å². The van der Waals surface area contributed by atoms with Crippen molar-refractivity contribution in [3.63, 3.8) is 0 Å². The van der Waals surface area contributed by atoms with E-state index in [4.69, 9.17) is 9.47 Å². The van der Waals surface area contributed by atoms with Gasteiger partial charge in [-0.25, -0.2) is 4.79 Å². The second kappa shape index (κ2) is 6.59. The molecule has 2 atom stereocenters. The number of methoxy groups -OCH3 is 1. The van der Waals surface area contributed by atoms with Gasteiger partial charge in [-0.2, -0.15) is 0 Å². The Kier molecular flexibility index (Phi) is 4.49. The Morgan fingerprint density at radius 3 is 2.64 bits per heavy atom. The van der Waals surface area contributed by atoms with E-state index in [0.29, 0.717) is 11.3 Å². The summed E-state index contributed by atoms with van der Waals surface area (Å²) in [6.07, 6.45) is 0.0754. The molecule has 0 aliphatic carbocycles. The lowest BCUT2D eigenvalue weighted by Crippen LogP contribution is -2.15. The largest absolute Gasteiger partial charge is 0.497 e. The van der Waals surface area contributed by atoms with E-state index in [-0.39, 0.29) is 29.8 Å². The number of hydrogen-bond donors (Lipinski definition) is 1. The zero-order valence-electron chi connectivity index (χ0n) is 14.4. The van der Waals surface area contributed by atoms with Gasteiger partial charge in [-0.05, 0) is 36.8 Å². The molecule has 1 aliphatic rings. The molecule has 0 unspecified atom stereocenters. The van der Waals surface area contributed by atoms with Crippen LogP contribution >= 0.6 is 0 Å². The summed E-state index contributed by atoms with van der Waals surface area (Å²) in [5, 5.41) is 9.43. The highest BCUT2D eigenvalue weighted by molar-refractivity contribution is 6.02. The Morgan fingerprint density at radius 2 is 2.00 bits per heavy atom. The number of ether oxygens (including phenoxy) is 2. The third kappa shape index (κ3) is 2.97. The second-order valence-electron chi connectivity index (χ2n) is 6.10. The van der Waals surface area contributed by atoms with Crippen molar-refractivity contribution < 1.29 is 24.2 Å². The van der Waals surface area contributed by atoms with Crippen LogP contribution in [0.15, 0.2) is 36.4 Å². The van der Waals surface area contributed by atoms with Gasteiger partial charge >= 0.3 is 5.97 Å². The molecule has 1 N–H and O–H groups in total. The predicted molar refractivity (Wildman–Crippen MR) is 92.9 cm³/mol. The van der Waals surface area contributed by atoms with Crippen molar-refractivity contribution in [3.05, 3.63) is 58.7 Å². The standard InChI is InChI=1S/C20H20O5/c1-4-17(21)15-9-13(20(22)23)10-16-18(11(2)25-19(15)16)12-6-5-7-14(8-12)24-3/h5-11,18H,4H2,1-3H3,(H,22,23)/t11-,18+/m1/s1. The van der Waals surface area contributed by atoms with E-state index in [1.165, 1.54) is 6.07 Å². The van der Waals surface area contributed by atoms with Crippen LogP contribution < -0.4 is 9.47 Å². The van der Waals surface area contributed by atoms with Gasteiger partial charge in [0.05, 0.1) is 18.2 Å². The molecule has 2 aromatic rings. The predicted octanol–water partition coefficient (Wildman–Crippen LogP) is 3.90. The van der Waals surface area contributed by atoms with E-state index in [2.05, 4.69) is 0 Å². The van der Waals surface area contributed by atoms with Crippen LogP contribution in [0.4, 0.5) is 0 Å². The highest BCUT2D eigenvalue weighted by Gasteiger charge is 2.36. The molecule has 5 heteroatoms. The molecule has 0 fully saturated rings. The van der Waals surface area contributed by atoms with Crippen LogP contribution in [-0.2, 0) is 0 Å². The van der Waals surface area contributed by atoms with Gasteiger partial charge in [0.25, 0.3) is 0 Å². The molecule has 0 aromatic heterocycles. The number of hydrogen-bond acceptors (Lipinski definition) is 4. The molecular weight excluding hydrogens is 320 g/mol. The topological polar surface area (TPSA) is 72.8 Å². The minimum Gasteiger partial charge on any atom is -0.497 e. The fraction of sp³-hybridized carbons (Fsp3) is 0.300. The van der Waals surface area contributed by atoms with Crippen LogP contribution in [0.2, 0.25) is 0 Å². The Bertz CT molecular complexity index is 840. The van der Waals surface area contributed by atoms with Gasteiger partial charge in [0.2, 0.25) is 0 Å². The SMILES string of the molecule is CCC(=O)c1cc(C(=O)O)cc2c1O[C@H](C)[C@H]2c1cccc(OC)c1. The van der Waals surface area contributed by atoms with Crippen LogP contribution in [0.5, 0.6) is 11.5 Å². The van der Waals surface area contributed by atoms with Gasteiger partial charge in [-0.15, -0.1) is 0 Å². The van der Waals surface area contributed by atoms with E-state index in [9.17, 15) is 14.7 Å². The number of fused-ring (bicyclic) bond motifs is 1. The van der Waals surface area contributed by atoms with Crippen LogP contribution in [0.3, 0.4) is 0 Å². The van der Waals surface area contributed by atoms with Gasteiger partial charge in [0.15, 0.2) is 5.78 Å². The smallest absolute Gasteiger partial charge is 0.335 e. The molecule has 1 aliphatic heterocycles. The number of Topliss-reactive ketones (excluding diaryl/α,β-unsaturated/α-hetero) is 1. The van der Waals surface area contributed by atoms with Gasteiger partial charge in [0, 0.05) is 17.9 Å². The number of carboxylic acids is 1. The molecule has 3 rings (SSSR count). The number of ketones is 1. The maximum absolute atomic E-state index is 12.3. The van der Waals surface area contributed by atoms with Crippen molar-refractivity contribution in [1.82, 2.24) is 0 Å². The Hall–Kier alpha value is -2.82. The average molecular weight is 340 g/mol. The van der Waals surface area contributed by atoms with Gasteiger partial charge in [-0.3, -0.25) is 4.79 Å². The first-order chi connectivity index (χ1) is 12.0. The molecule has 25 heavy (non-hydrogen) atoms. The van der Waals surface area contributed by atoms with Crippen molar-refractivity contribution in [1.29, 1.82) is 0 Å². The molecular formula is C20H20O5. The minimum absolute atomic E-state index is 0.0983. The molecule has 0 amide bonds. The third-order valence-electron chi connectivity index (χ3n) is 4.55. The Morgan fingerprint density at radius 1 is 1.24 bits per heavy atom. The quantitative estimate of drug-likeness (QED) is 0.836. The van der Waals surface area contributed by atoms with Gasteiger partial charge in [-0.1, -0.05) is 19.1 Å². The normalized spacial score (nSPS) is 18.4. The lowest BCUT2D eigenvalue weighted by molar-refractivity contribution is 0.0696. The summed E-state index contributed by atoms with van der Waals surface area (Å²) in [6, 6.07) is 10.6. The summed E-state index contributed by atoms with van der Waals surface area (Å²) in [4.78, 5) is 23.8. The highest BCUT2D eigenvalue weighted by Crippen LogP contribution is 2.45. The summed E-state index contributed by atoms with van der Waals surface area (Å²) in [7, 11) is 1.60. The summed E-state index contributed by atoms with van der Waals surface area (Å²) in [6.45, 7) is 3.67. The first-order valence-corrected chi connectivity index (χ1v) is 8.21. The fourth-order valence-corrected chi connectivity index (χ4v) is 3.33. The van der Waals surface area contributed by atoms with Crippen molar-refractivity contribution in [2.45, 2.75) is 32.3 Å². The van der Waals surface area contributed by atoms with E-state index >= 15 is 0 Å². The Balaban J connectivity index is 2.19. The molecule has 1 heterocycles. The number of aromatic carboxylic acids is 1. The molecule has 0 saturated heterocycles. The molecule has 0 spiro atoms. The van der Waals surface area contributed by atoms with E-state index in [1.807, 2.05) is 31.2 Å². The van der Waals surface area contributed by atoms with Crippen LogP contribution in [0.25, 0.3) is 0 Å². The summed E-state index contributed by atoms with van der Waals surface area (Å²) in [5.41, 5.74) is 2.14. The molecule has 5 nitrogen and oxygen atoms in total. The van der Waals surface area contributed by atoms with Gasteiger partial charge < -0.3 is 14.6 Å². The first kappa shape index (κ1) is 17.0. The number of benzene rings is 2. The highest BCUT2D eigenvalue weighted by atomic mass is 16.5. The number of carbonyl (C=O) groups excluding carboxylic acids is 1. The minimum atomic E-state index is -1.06.